The Kier molecular flexibility index (Phi) is 3.57. The molecule has 2 N–H and O–H groups in total. The van der Waals surface area contributed by atoms with Gasteiger partial charge in [0, 0.05) is 32.4 Å². The van der Waals surface area contributed by atoms with Crippen LogP contribution in [-0.4, -0.2) is 33.0 Å². The molecule has 0 saturated heterocycles. The smallest absolute Gasteiger partial charge is 0.0967 e. The standard InChI is InChI=1S/C14H19N5/c15-6-8-19-11-14(16-17-19)10-18-7-5-12-3-1-2-4-13(12)9-18/h1-4,11H,5-10,15H2. The van der Waals surface area contributed by atoms with Crippen molar-refractivity contribution in [2.24, 2.45) is 5.73 Å². The van der Waals surface area contributed by atoms with Gasteiger partial charge in [0.2, 0.25) is 0 Å². The van der Waals surface area contributed by atoms with E-state index in [1.807, 2.05) is 10.9 Å². The van der Waals surface area contributed by atoms with Crippen molar-refractivity contribution >= 4 is 0 Å². The van der Waals surface area contributed by atoms with E-state index in [2.05, 4.69) is 39.5 Å². The summed E-state index contributed by atoms with van der Waals surface area (Å²) in [5.74, 6) is 0. The second-order valence-electron chi connectivity index (χ2n) is 4.99. The molecule has 0 aliphatic carbocycles. The van der Waals surface area contributed by atoms with Crippen molar-refractivity contribution < 1.29 is 0 Å². The molecule has 0 saturated carbocycles. The average Bonchev–Trinajstić information content (AvgIpc) is 2.86. The van der Waals surface area contributed by atoms with Crippen LogP contribution in [0.4, 0.5) is 0 Å². The Hall–Kier alpha value is -1.72. The normalized spacial score (nSPS) is 15.4. The van der Waals surface area contributed by atoms with Crippen LogP contribution in [0.3, 0.4) is 0 Å². The van der Waals surface area contributed by atoms with Gasteiger partial charge >= 0.3 is 0 Å². The lowest BCUT2D eigenvalue weighted by Gasteiger charge is -2.27. The molecule has 1 aromatic heterocycles. The minimum Gasteiger partial charge on any atom is -0.329 e. The summed E-state index contributed by atoms with van der Waals surface area (Å²) in [7, 11) is 0. The molecular weight excluding hydrogens is 238 g/mol. The molecule has 0 bridgehead atoms. The molecule has 5 nitrogen and oxygen atoms in total. The van der Waals surface area contributed by atoms with Crippen LogP contribution in [0.15, 0.2) is 30.5 Å². The van der Waals surface area contributed by atoms with Crippen LogP contribution >= 0.6 is 0 Å². The van der Waals surface area contributed by atoms with Gasteiger partial charge in [-0.25, -0.2) is 0 Å². The molecule has 5 heteroatoms. The van der Waals surface area contributed by atoms with Crippen molar-refractivity contribution in [2.45, 2.75) is 26.1 Å². The highest BCUT2D eigenvalue weighted by atomic mass is 15.4. The number of nitrogens with zero attached hydrogens (tertiary/aromatic N) is 4. The van der Waals surface area contributed by atoms with Gasteiger partial charge in [-0.05, 0) is 17.5 Å². The van der Waals surface area contributed by atoms with E-state index < -0.39 is 0 Å². The Balaban J connectivity index is 1.65. The fraction of sp³-hybridized carbons (Fsp3) is 0.429. The average molecular weight is 257 g/mol. The predicted octanol–water partition coefficient (Wildman–Crippen LogP) is 0.795. The number of hydrogen-bond acceptors (Lipinski definition) is 4. The first kappa shape index (κ1) is 12.3. The van der Waals surface area contributed by atoms with E-state index in [9.17, 15) is 0 Å². The van der Waals surface area contributed by atoms with Crippen molar-refractivity contribution in [3.63, 3.8) is 0 Å². The molecule has 19 heavy (non-hydrogen) atoms. The lowest BCUT2D eigenvalue weighted by molar-refractivity contribution is 0.242. The van der Waals surface area contributed by atoms with Crippen LogP contribution in [0.1, 0.15) is 16.8 Å². The lowest BCUT2D eigenvalue weighted by Crippen LogP contribution is -2.30. The summed E-state index contributed by atoms with van der Waals surface area (Å²) in [4.78, 5) is 2.42. The maximum atomic E-state index is 5.51. The van der Waals surface area contributed by atoms with E-state index in [4.69, 9.17) is 5.73 Å². The van der Waals surface area contributed by atoms with Gasteiger partial charge in [0.1, 0.15) is 0 Å². The Morgan fingerprint density at radius 1 is 1.21 bits per heavy atom. The Morgan fingerprint density at radius 3 is 2.89 bits per heavy atom. The first-order valence-electron chi connectivity index (χ1n) is 6.73. The van der Waals surface area contributed by atoms with Crippen molar-refractivity contribution in [3.8, 4) is 0 Å². The number of rotatable bonds is 4. The molecular formula is C14H19N5. The minimum absolute atomic E-state index is 0.597. The number of fused-ring (bicyclic) bond motifs is 1. The van der Waals surface area contributed by atoms with Crippen LogP contribution in [-0.2, 0) is 26.1 Å². The number of benzene rings is 1. The number of hydrogen-bond donors (Lipinski definition) is 1. The summed E-state index contributed by atoms with van der Waals surface area (Å²) in [6.07, 6.45) is 3.11. The molecule has 0 unspecified atom stereocenters. The summed E-state index contributed by atoms with van der Waals surface area (Å²) in [5.41, 5.74) is 9.44. The fourth-order valence-corrected chi connectivity index (χ4v) is 2.57. The van der Waals surface area contributed by atoms with Gasteiger partial charge in [0.25, 0.3) is 0 Å². The maximum Gasteiger partial charge on any atom is 0.0967 e. The highest BCUT2D eigenvalue weighted by molar-refractivity contribution is 5.29. The van der Waals surface area contributed by atoms with Crippen LogP contribution in [0, 0.1) is 0 Å². The van der Waals surface area contributed by atoms with Crippen LogP contribution in [0.25, 0.3) is 0 Å². The van der Waals surface area contributed by atoms with E-state index in [1.165, 1.54) is 11.1 Å². The Morgan fingerprint density at radius 2 is 2.05 bits per heavy atom. The molecule has 0 amide bonds. The molecule has 2 aromatic rings. The van der Waals surface area contributed by atoms with Crippen LogP contribution in [0.5, 0.6) is 0 Å². The summed E-state index contributed by atoms with van der Waals surface area (Å²) < 4.78 is 1.81. The topological polar surface area (TPSA) is 60.0 Å². The fourth-order valence-electron chi connectivity index (χ4n) is 2.57. The molecule has 2 heterocycles. The van der Waals surface area contributed by atoms with E-state index in [1.54, 1.807) is 0 Å². The van der Waals surface area contributed by atoms with Crippen molar-refractivity contribution in [2.75, 3.05) is 13.1 Å². The molecule has 0 spiro atoms. The third-order valence-electron chi connectivity index (χ3n) is 3.54. The van der Waals surface area contributed by atoms with Gasteiger partial charge in [-0.1, -0.05) is 29.5 Å². The second kappa shape index (κ2) is 5.50. The zero-order valence-corrected chi connectivity index (χ0v) is 11.0. The van der Waals surface area contributed by atoms with E-state index >= 15 is 0 Å². The van der Waals surface area contributed by atoms with Gasteiger partial charge < -0.3 is 5.73 Å². The SMILES string of the molecule is NCCn1cc(CN2CCc3ccccc3C2)nn1. The molecule has 1 aliphatic heterocycles. The minimum atomic E-state index is 0.597. The molecule has 1 aromatic carbocycles. The number of aromatic nitrogens is 3. The highest BCUT2D eigenvalue weighted by Gasteiger charge is 2.16. The van der Waals surface area contributed by atoms with Crippen molar-refractivity contribution in [1.82, 2.24) is 19.9 Å². The Bertz CT molecular complexity index is 548. The molecule has 0 radical (unpaired) electrons. The maximum absolute atomic E-state index is 5.51. The number of nitrogens with two attached hydrogens (primary N) is 1. The summed E-state index contributed by atoms with van der Waals surface area (Å²) in [6.45, 7) is 4.27. The molecule has 0 fully saturated rings. The third kappa shape index (κ3) is 2.83. The predicted molar refractivity (Wildman–Crippen MR) is 73.3 cm³/mol. The molecule has 100 valence electrons. The van der Waals surface area contributed by atoms with Crippen LogP contribution < -0.4 is 5.73 Å². The van der Waals surface area contributed by atoms with Gasteiger partial charge in [-0.15, -0.1) is 5.10 Å². The van der Waals surface area contributed by atoms with Gasteiger partial charge in [-0.2, -0.15) is 0 Å². The van der Waals surface area contributed by atoms with E-state index in [-0.39, 0.29) is 0 Å². The third-order valence-corrected chi connectivity index (χ3v) is 3.54. The van der Waals surface area contributed by atoms with E-state index in [0.717, 1.165) is 38.3 Å². The molecule has 1 aliphatic rings. The van der Waals surface area contributed by atoms with Gasteiger partial charge in [-0.3, -0.25) is 9.58 Å². The summed E-state index contributed by atoms with van der Waals surface area (Å²) in [6, 6.07) is 8.67. The second-order valence-corrected chi connectivity index (χ2v) is 4.99. The zero-order valence-electron chi connectivity index (χ0n) is 11.0. The largest absolute Gasteiger partial charge is 0.329 e. The first-order chi connectivity index (χ1) is 9.35. The summed E-state index contributed by atoms with van der Waals surface area (Å²) >= 11 is 0. The quantitative estimate of drug-likeness (QED) is 0.880. The molecule has 0 atom stereocenters. The monoisotopic (exact) mass is 257 g/mol. The summed E-state index contributed by atoms with van der Waals surface area (Å²) in [5, 5.41) is 8.28. The van der Waals surface area contributed by atoms with Gasteiger partial charge in [0.05, 0.1) is 12.2 Å². The Labute approximate surface area is 113 Å². The first-order valence-corrected chi connectivity index (χ1v) is 6.73. The zero-order chi connectivity index (χ0) is 13.1. The van der Waals surface area contributed by atoms with E-state index in [0.29, 0.717) is 6.54 Å². The highest BCUT2D eigenvalue weighted by Crippen LogP contribution is 2.19. The lowest BCUT2D eigenvalue weighted by atomic mass is 10.00. The van der Waals surface area contributed by atoms with Crippen molar-refractivity contribution in [1.29, 1.82) is 0 Å². The van der Waals surface area contributed by atoms with Gasteiger partial charge in [0.15, 0.2) is 0 Å². The van der Waals surface area contributed by atoms with Crippen molar-refractivity contribution in [3.05, 3.63) is 47.3 Å². The molecule has 3 rings (SSSR count). The van der Waals surface area contributed by atoms with Crippen LogP contribution in [0.2, 0.25) is 0 Å².